The van der Waals surface area contributed by atoms with Crippen LogP contribution in [-0.4, -0.2) is 86.0 Å². The Hall–Kier alpha value is -4.84. The molecule has 2 fully saturated rings. The minimum Gasteiger partial charge on any atom is -0.493 e. The zero-order valence-electron chi connectivity index (χ0n) is 25.6. The van der Waals surface area contributed by atoms with Crippen molar-refractivity contribution in [3.63, 3.8) is 0 Å². The van der Waals surface area contributed by atoms with Gasteiger partial charge >= 0.3 is 0 Å². The molecule has 2 saturated heterocycles. The van der Waals surface area contributed by atoms with Crippen molar-refractivity contribution in [2.45, 2.75) is 31.7 Å². The molecule has 3 aliphatic rings. The van der Waals surface area contributed by atoms with Crippen LogP contribution < -0.4 is 25.0 Å². The van der Waals surface area contributed by atoms with Crippen molar-refractivity contribution >= 4 is 46.7 Å². The van der Waals surface area contributed by atoms with E-state index >= 15 is 0 Å². The van der Waals surface area contributed by atoms with Gasteiger partial charge in [-0.2, -0.15) is 0 Å². The second kappa shape index (κ2) is 13.4. The highest BCUT2D eigenvalue weighted by atomic mass is 16.5. The summed E-state index contributed by atoms with van der Waals surface area (Å²) in [6, 6.07) is 12.8. The normalized spacial score (nSPS) is 17.4. The summed E-state index contributed by atoms with van der Waals surface area (Å²) in [5.41, 5.74) is 3.78. The first kappa shape index (κ1) is 30.2. The van der Waals surface area contributed by atoms with E-state index in [1.165, 1.54) is 7.11 Å². The van der Waals surface area contributed by atoms with Crippen molar-refractivity contribution in [1.82, 2.24) is 9.47 Å². The monoisotopic (exact) mass is 614 g/mol. The number of ether oxygens (including phenoxy) is 3. The van der Waals surface area contributed by atoms with Gasteiger partial charge in [-0.15, -0.1) is 0 Å². The Morgan fingerprint density at radius 3 is 2.60 bits per heavy atom. The summed E-state index contributed by atoms with van der Waals surface area (Å²) >= 11 is 0. The van der Waals surface area contributed by atoms with Crippen LogP contribution >= 0.6 is 0 Å². The van der Waals surface area contributed by atoms with Gasteiger partial charge in [-0.25, -0.2) is 0 Å². The van der Waals surface area contributed by atoms with Gasteiger partial charge in [-0.3, -0.25) is 19.4 Å². The number of benzene rings is 2. The smallest absolute Gasteiger partial charge is 0.272 e. The number of amides is 3. The van der Waals surface area contributed by atoms with Crippen LogP contribution in [0.25, 0.3) is 0 Å². The molecule has 6 rings (SSSR count). The molecule has 236 valence electrons. The van der Waals surface area contributed by atoms with Crippen molar-refractivity contribution < 1.29 is 28.6 Å². The Morgan fingerprint density at radius 1 is 1.02 bits per heavy atom. The average Bonchev–Trinajstić information content (AvgIpc) is 3.65. The lowest BCUT2D eigenvalue weighted by molar-refractivity contribution is -0.116. The Kier molecular flexibility index (Phi) is 9.01. The molecule has 0 saturated carbocycles. The number of hydrogen-bond donors (Lipinski definition) is 2. The Balaban J connectivity index is 0.992. The highest BCUT2D eigenvalue weighted by Gasteiger charge is 2.32. The molecule has 1 atom stereocenters. The van der Waals surface area contributed by atoms with Crippen molar-refractivity contribution in [3.05, 3.63) is 59.9 Å². The van der Waals surface area contributed by atoms with Crippen LogP contribution in [0.5, 0.6) is 11.5 Å². The van der Waals surface area contributed by atoms with E-state index in [0.29, 0.717) is 59.5 Å². The number of nitrogens with zero attached hydrogens (tertiary/aromatic N) is 4. The SMILES string of the molecule is COc1cc2c(cc1OCCCC(=O)Nc1cc(C(=O)Nc3ccc(N4CCOCC4)cc3)n(C)c1)N=CC1CCCN1C2=O. The van der Waals surface area contributed by atoms with Gasteiger partial charge in [-0.1, -0.05) is 0 Å². The number of rotatable bonds is 10. The van der Waals surface area contributed by atoms with Crippen LogP contribution in [0.15, 0.2) is 53.7 Å². The van der Waals surface area contributed by atoms with Gasteiger partial charge in [0.1, 0.15) is 5.69 Å². The fourth-order valence-corrected chi connectivity index (χ4v) is 5.89. The van der Waals surface area contributed by atoms with Gasteiger partial charge in [0.2, 0.25) is 5.91 Å². The number of fused-ring (bicyclic) bond motifs is 2. The van der Waals surface area contributed by atoms with E-state index in [1.807, 2.05) is 35.4 Å². The number of methoxy groups -OCH3 is 1. The van der Waals surface area contributed by atoms with E-state index < -0.39 is 0 Å². The lowest BCUT2D eigenvalue weighted by Crippen LogP contribution is -2.36. The van der Waals surface area contributed by atoms with Crippen LogP contribution in [0, 0.1) is 0 Å². The van der Waals surface area contributed by atoms with Crippen molar-refractivity contribution in [2.24, 2.45) is 12.0 Å². The number of morpholine rings is 1. The van der Waals surface area contributed by atoms with Gasteiger partial charge in [0.25, 0.3) is 11.8 Å². The van der Waals surface area contributed by atoms with Gasteiger partial charge in [-0.05, 0) is 55.7 Å². The molecule has 2 N–H and O–H groups in total. The van der Waals surface area contributed by atoms with Crippen molar-refractivity contribution in [3.8, 4) is 11.5 Å². The molecule has 0 bridgehead atoms. The van der Waals surface area contributed by atoms with E-state index in [2.05, 4.69) is 20.5 Å². The molecule has 3 aliphatic heterocycles. The van der Waals surface area contributed by atoms with E-state index in [4.69, 9.17) is 14.2 Å². The summed E-state index contributed by atoms with van der Waals surface area (Å²) in [5, 5.41) is 5.79. The van der Waals surface area contributed by atoms with E-state index in [1.54, 1.807) is 36.0 Å². The third kappa shape index (κ3) is 6.80. The van der Waals surface area contributed by atoms with Crippen LogP contribution in [0.2, 0.25) is 0 Å². The standard InChI is InChI=1S/C33H38N6O6/c1-37-21-23(17-28(37)32(41)36-22-7-9-24(10-8-22)38-12-15-44-16-13-38)35-31(40)6-4-14-45-30-19-27-26(18-29(30)43-2)33(42)39-11-3-5-25(39)20-34-27/h7-10,17-21,25H,3-6,11-16H2,1-2H3,(H,35,40)(H,36,41). The maximum absolute atomic E-state index is 13.1. The third-order valence-electron chi connectivity index (χ3n) is 8.29. The summed E-state index contributed by atoms with van der Waals surface area (Å²) in [4.78, 5) is 47.4. The van der Waals surface area contributed by atoms with Crippen LogP contribution in [0.3, 0.4) is 0 Å². The molecule has 12 nitrogen and oxygen atoms in total. The number of aromatic nitrogens is 1. The number of nitrogens with one attached hydrogen (secondary N) is 2. The zero-order chi connectivity index (χ0) is 31.3. The van der Waals surface area contributed by atoms with Crippen LogP contribution in [0.4, 0.5) is 22.7 Å². The third-order valence-corrected chi connectivity index (χ3v) is 8.29. The van der Waals surface area contributed by atoms with E-state index in [-0.39, 0.29) is 36.8 Å². The molecule has 0 radical (unpaired) electrons. The second-order valence-corrected chi connectivity index (χ2v) is 11.3. The second-order valence-electron chi connectivity index (χ2n) is 11.3. The van der Waals surface area contributed by atoms with Crippen LogP contribution in [0.1, 0.15) is 46.5 Å². The van der Waals surface area contributed by atoms with Crippen molar-refractivity contribution in [1.29, 1.82) is 0 Å². The number of aliphatic imine (C=N–C) groups is 1. The first-order valence-corrected chi connectivity index (χ1v) is 15.3. The molecule has 2 aromatic carbocycles. The minimum absolute atomic E-state index is 0.0204. The number of anilines is 3. The van der Waals surface area contributed by atoms with E-state index in [0.717, 1.165) is 38.2 Å². The number of carbonyl (C=O) groups is 3. The summed E-state index contributed by atoms with van der Waals surface area (Å²) in [6.45, 7) is 4.10. The molecule has 3 aromatic rings. The van der Waals surface area contributed by atoms with Crippen LogP contribution in [-0.2, 0) is 16.6 Å². The van der Waals surface area contributed by atoms with E-state index in [9.17, 15) is 14.4 Å². The number of aryl methyl sites for hydroxylation is 1. The summed E-state index contributed by atoms with van der Waals surface area (Å²) < 4.78 is 18.5. The molecule has 1 unspecified atom stereocenters. The summed E-state index contributed by atoms with van der Waals surface area (Å²) in [7, 11) is 3.29. The summed E-state index contributed by atoms with van der Waals surface area (Å²) in [6.07, 6.45) is 6.08. The quantitative estimate of drug-likeness (QED) is 0.327. The zero-order valence-corrected chi connectivity index (χ0v) is 25.6. The molecule has 1 aromatic heterocycles. The Morgan fingerprint density at radius 2 is 1.82 bits per heavy atom. The Bertz CT molecular complexity index is 1590. The fraction of sp³-hybridized carbons (Fsp3) is 0.394. The predicted octanol–water partition coefficient (Wildman–Crippen LogP) is 4.24. The molecule has 45 heavy (non-hydrogen) atoms. The molecular weight excluding hydrogens is 576 g/mol. The summed E-state index contributed by atoms with van der Waals surface area (Å²) in [5.74, 6) is 0.401. The topological polar surface area (TPSA) is 127 Å². The minimum atomic E-state index is -0.272. The first-order chi connectivity index (χ1) is 21.9. The van der Waals surface area contributed by atoms with Gasteiger partial charge < -0.3 is 39.2 Å². The Labute approximate surface area is 261 Å². The molecule has 12 heteroatoms. The lowest BCUT2D eigenvalue weighted by atomic mass is 10.1. The largest absolute Gasteiger partial charge is 0.493 e. The molecular formula is C33H38N6O6. The maximum atomic E-state index is 13.1. The molecule has 3 amide bonds. The lowest BCUT2D eigenvalue weighted by Gasteiger charge is -2.28. The molecule has 0 spiro atoms. The van der Waals surface area contributed by atoms with Crippen molar-refractivity contribution in [2.75, 3.05) is 62.1 Å². The molecule has 0 aliphatic carbocycles. The first-order valence-electron chi connectivity index (χ1n) is 15.3. The highest BCUT2D eigenvalue weighted by Crippen LogP contribution is 2.38. The van der Waals surface area contributed by atoms with Gasteiger partial charge in [0.05, 0.1) is 49.9 Å². The predicted molar refractivity (Wildman–Crippen MR) is 171 cm³/mol. The maximum Gasteiger partial charge on any atom is 0.272 e. The van der Waals surface area contributed by atoms with Gasteiger partial charge in [0.15, 0.2) is 11.5 Å². The number of carbonyl (C=O) groups excluding carboxylic acids is 3. The molecule has 4 heterocycles. The highest BCUT2D eigenvalue weighted by molar-refractivity contribution is 6.05. The fourth-order valence-electron chi connectivity index (χ4n) is 5.89. The van der Waals surface area contributed by atoms with Gasteiger partial charge in [0, 0.05) is 63.0 Å². The average molecular weight is 615 g/mol. The number of hydrogen-bond acceptors (Lipinski definition) is 8.